The van der Waals surface area contributed by atoms with Gasteiger partial charge >= 0.3 is 0 Å². The normalized spacial score (nSPS) is 10.9. The lowest BCUT2D eigenvalue weighted by atomic mass is 10.3. The van der Waals surface area contributed by atoms with Crippen molar-refractivity contribution in [3.05, 3.63) is 41.5 Å². The van der Waals surface area contributed by atoms with Crippen molar-refractivity contribution < 1.29 is 4.79 Å². The molecule has 0 saturated carbocycles. The number of Topliss-reactive ketones (excluding diaryl/α,β-unsaturated/α-hetero) is 1. The Balaban J connectivity index is 1.76. The Hall–Kier alpha value is -1.86. The summed E-state index contributed by atoms with van der Waals surface area (Å²) in [5.41, 5.74) is 0.628. The zero-order valence-corrected chi connectivity index (χ0v) is 13.1. The van der Waals surface area contributed by atoms with Gasteiger partial charge in [0, 0.05) is 12.7 Å². The van der Waals surface area contributed by atoms with Crippen LogP contribution >= 0.6 is 23.1 Å². The number of hydrogen-bond donors (Lipinski definition) is 1. The van der Waals surface area contributed by atoms with Gasteiger partial charge in [0.05, 0.1) is 16.3 Å². The first-order valence-electron chi connectivity index (χ1n) is 6.56. The third kappa shape index (κ3) is 2.93. The Bertz CT molecular complexity index is 716. The summed E-state index contributed by atoms with van der Waals surface area (Å²) in [6, 6.07) is 7.63. The summed E-state index contributed by atoms with van der Waals surface area (Å²) in [6.45, 7) is 2.83. The Morgan fingerprint density at radius 1 is 1.38 bits per heavy atom. The van der Waals surface area contributed by atoms with Crippen molar-refractivity contribution in [2.75, 3.05) is 5.75 Å². The van der Waals surface area contributed by atoms with E-state index in [0.717, 1.165) is 22.4 Å². The minimum absolute atomic E-state index is 0.0633. The summed E-state index contributed by atoms with van der Waals surface area (Å²) in [5, 5.41) is 11.3. The molecular weight excluding hydrogens is 304 g/mol. The van der Waals surface area contributed by atoms with Gasteiger partial charge < -0.3 is 9.55 Å². The van der Waals surface area contributed by atoms with Crippen molar-refractivity contribution >= 4 is 28.9 Å². The number of thioether (sulfide) groups is 1. The molecule has 0 unspecified atom stereocenters. The van der Waals surface area contributed by atoms with Crippen LogP contribution in [0, 0.1) is 0 Å². The molecule has 21 heavy (non-hydrogen) atoms. The van der Waals surface area contributed by atoms with E-state index in [4.69, 9.17) is 0 Å². The van der Waals surface area contributed by atoms with Crippen molar-refractivity contribution in [3.8, 4) is 10.7 Å². The van der Waals surface area contributed by atoms with Crippen LogP contribution in [-0.4, -0.2) is 31.3 Å². The average Bonchev–Trinajstić information content (AvgIpc) is 3.24. The van der Waals surface area contributed by atoms with Gasteiger partial charge in [-0.1, -0.05) is 17.8 Å². The van der Waals surface area contributed by atoms with Gasteiger partial charge in [-0.2, -0.15) is 0 Å². The molecule has 3 aromatic heterocycles. The van der Waals surface area contributed by atoms with E-state index in [-0.39, 0.29) is 5.78 Å². The number of ketones is 1. The molecule has 3 heterocycles. The van der Waals surface area contributed by atoms with E-state index >= 15 is 0 Å². The Morgan fingerprint density at radius 2 is 2.29 bits per heavy atom. The SMILES string of the molecule is CCn1c(SCC(=O)c2ccc[nH]2)nnc1-c1cccs1. The quantitative estimate of drug-likeness (QED) is 0.559. The van der Waals surface area contributed by atoms with Crippen molar-refractivity contribution in [2.24, 2.45) is 0 Å². The van der Waals surface area contributed by atoms with Crippen LogP contribution in [0.2, 0.25) is 0 Å². The van der Waals surface area contributed by atoms with Crippen LogP contribution in [0.5, 0.6) is 0 Å². The lowest BCUT2D eigenvalue weighted by molar-refractivity contribution is 0.101. The van der Waals surface area contributed by atoms with Gasteiger partial charge in [-0.15, -0.1) is 21.5 Å². The van der Waals surface area contributed by atoms with Crippen LogP contribution < -0.4 is 0 Å². The maximum Gasteiger partial charge on any atom is 0.191 e. The zero-order valence-electron chi connectivity index (χ0n) is 11.4. The second-order valence-corrected chi connectivity index (χ2v) is 6.21. The number of thiophene rings is 1. The summed E-state index contributed by atoms with van der Waals surface area (Å²) >= 11 is 3.06. The minimum Gasteiger partial charge on any atom is -0.359 e. The molecule has 0 saturated heterocycles. The number of aromatic amines is 1. The highest BCUT2D eigenvalue weighted by atomic mass is 32.2. The van der Waals surface area contributed by atoms with E-state index in [9.17, 15) is 4.79 Å². The fraction of sp³-hybridized carbons (Fsp3) is 0.214. The third-order valence-electron chi connectivity index (χ3n) is 3.01. The summed E-state index contributed by atoms with van der Waals surface area (Å²) in [7, 11) is 0. The number of nitrogens with zero attached hydrogens (tertiary/aromatic N) is 3. The van der Waals surface area contributed by atoms with Gasteiger partial charge in [0.1, 0.15) is 0 Å². The zero-order chi connectivity index (χ0) is 14.7. The lowest BCUT2D eigenvalue weighted by Crippen LogP contribution is -2.05. The van der Waals surface area contributed by atoms with Gasteiger partial charge in [0.15, 0.2) is 16.8 Å². The Morgan fingerprint density at radius 3 is 2.95 bits per heavy atom. The van der Waals surface area contributed by atoms with Crippen LogP contribution in [0.1, 0.15) is 17.4 Å². The molecule has 108 valence electrons. The Labute approximate surface area is 130 Å². The van der Waals surface area contributed by atoms with Gasteiger partial charge in [0.2, 0.25) is 0 Å². The number of carbonyl (C=O) groups is 1. The highest BCUT2D eigenvalue weighted by molar-refractivity contribution is 7.99. The minimum atomic E-state index is 0.0633. The fourth-order valence-electron chi connectivity index (χ4n) is 1.98. The molecule has 3 rings (SSSR count). The average molecular weight is 318 g/mol. The van der Waals surface area contributed by atoms with E-state index in [1.807, 2.05) is 28.1 Å². The molecule has 0 aliphatic heterocycles. The molecule has 0 fully saturated rings. The van der Waals surface area contributed by atoms with Crippen molar-refractivity contribution in [2.45, 2.75) is 18.6 Å². The van der Waals surface area contributed by atoms with E-state index in [2.05, 4.69) is 22.1 Å². The van der Waals surface area contributed by atoms with Crippen molar-refractivity contribution in [1.82, 2.24) is 19.7 Å². The molecule has 0 amide bonds. The smallest absolute Gasteiger partial charge is 0.191 e. The van der Waals surface area contributed by atoms with Gasteiger partial charge in [0.25, 0.3) is 0 Å². The Kier molecular flexibility index (Phi) is 4.21. The standard InChI is InChI=1S/C14H14N4OS2/c1-2-18-13(12-6-4-8-20-12)16-17-14(18)21-9-11(19)10-5-3-7-15-10/h3-8,15H,2,9H2,1H3. The molecule has 7 heteroatoms. The molecule has 5 nitrogen and oxygen atoms in total. The van der Waals surface area contributed by atoms with Crippen LogP contribution in [0.3, 0.4) is 0 Å². The predicted molar refractivity (Wildman–Crippen MR) is 84.9 cm³/mol. The predicted octanol–water partition coefficient (Wildman–Crippen LogP) is 3.33. The van der Waals surface area contributed by atoms with Gasteiger partial charge in [-0.05, 0) is 30.5 Å². The molecule has 3 aromatic rings. The maximum absolute atomic E-state index is 12.0. The fourth-order valence-corrected chi connectivity index (χ4v) is 3.58. The molecule has 1 N–H and O–H groups in total. The topological polar surface area (TPSA) is 63.6 Å². The molecule has 0 spiro atoms. The molecule has 0 aliphatic rings. The number of nitrogens with one attached hydrogen (secondary N) is 1. The second kappa shape index (κ2) is 6.28. The monoisotopic (exact) mass is 318 g/mol. The van der Waals surface area contributed by atoms with Crippen LogP contribution in [0.25, 0.3) is 10.7 Å². The molecule has 0 aliphatic carbocycles. The summed E-state index contributed by atoms with van der Waals surface area (Å²) in [5.74, 6) is 1.28. The van der Waals surface area contributed by atoms with Crippen LogP contribution in [0.15, 0.2) is 41.0 Å². The van der Waals surface area contributed by atoms with Gasteiger partial charge in [-0.25, -0.2) is 0 Å². The highest BCUT2D eigenvalue weighted by Gasteiger charge is 2.15. The highest BCUT2D eigenvalue weighted by Crippen LogP contribution is 2.27. The maximum atomic E-state index is 12.0. The summed E-state index contributed by atoms with van der Waals surface area (Å²) in [4.78, 5) is 16.0. The van der Waals surface area contributed by atoms with Crippen molar-refractivity contribution in [3.63, 3.8) is 0 Å². The molecular formula is C14H14N4OS2. The van der Waals surface area contributed by atoms with E-state index in [1.165, 1.54) is 11.8 Å². The first-order chi connectivity index (χ1) is 10.3. The van der Waals surface area contributed by atoms with Gasteiger partial charge in [-0.3, -0.25) is 4.79 Å². The van der Waals surface area contributed by atoms with Crippen molar-refractivity contribution in [1.29, 1.82) is 0 Å². The molecule has 0 bridgehead atoms. The molecule has 0 radical (unpaired) electrons. The largest absolute Gasteiger partial charge is 0.359 e. The first-order valence-corrected chi connectivity index (χ1v) is 8.42. The van der Waals surface area contributed by atoms with E-state index < -0.39 is 0 Å². The first kappa shape index (κ1) is 14.1. The van der Waals surface area contributed by atoms with Crippen LogP contribution in [-0.2, 0) is 6.54 Å². The number of carbonyl (C=O) groups excluding carboxylic acids is 1. The number of aromatic nitrogens is 4. The third-order valence-corrected chi connectivity index (χ3v) is 4.84. The van der Waals surface area contributed by atoms with E-state index in [1.54, 1.807) is 23.6 Å². The summed E-state index contributed by atoms with van der Waals surface area (Å²) in [6.07, 6.45) is 1.75. The molecule has 0 atom stereocenters. The van der Waals surface area contributed by atoms with E-state index in [0.29, 0.717) is 11.4 Å². The number of hydrogen-bond acceptors (Lipinski definition) is 5. The molecule has 0 aromatic carbocycles. The number of rotatable bonds is 6. The number of H-pyrrole nitrogens is 1. The van der Waals surface area contributed by atoms with Crippen LogP contribution in [0.4, 0.5) is 0 Å². The lowest BCUT2D eigenvalue weighted by Gasteiger charge is -2.05. The second-order valence-electron chi connectivity index (χ2n) is 4.32. The summed E-state index contributed by atoms with van der Waals surface area (Å²) < 4.78 is 2.04.